The van der Waals surface area contributed by atoms with E-state index >= 15 is 0 Å². The molecule has 7 rings (SSSR count). The standard InChI is InChI=1S/C31H21NO6/c1-37-19-15-13-18(14-16-19)32-29(35)24-25(30(32)36)31(27(33)22-10-4-5-11-23(22)28(31)34)38-26(24)21-12-6-8-17-7-2-3-9-20(17)21/h2-16,24-26H,1H3. The molecular formula is C31H21NO6. The lowest BCUT2D eigenvalue weighted by atomic mass is 9.77. The van der Waals surface area contributed by atoms with Crippen molar-refractivity contribution in [2.24, 2.45) is 11.8 Å². The van der Waals surface area contributed by atoms with E-state index in [4.69, 9.17) is 9.47 Å². The highest BCUT2D eigenvalue weighted by atomic mass is 16.5. The molecule has 0 saturated carbocycles. The highest BCUT2D eigenvalue weighted by molar-refractivity contribution is 6.37. The van der Waals surface area contributed by atoms with Gasteiger partial charge in [0, 0.05) is 11.1 Å². The van der Waals surface area contributed by atoms with E-state index in [9.17, 15) is 19.2 Å². The van der Waals surface area contributed by atoms with Gasteiger partial charge >= 0.3 is 0 Å². The number of ether oxygens (including phenoxy) is 2. The Hall–Kier alpha value is -4.62. The number of methoxy groups -OCH3 is 1. The molecule has 2 aliphatic heterocycles. The number of carbonyl (C=O) groups excluding carboxylic acids is 4. The quantitative estimate of drug-likeness (QED) is 0.301. The van der Waals surface area contributed by atoms with Crippen molar-refractivity contribution in [3.8, 4) is 5.75 Å². The second kappa shape index (κ2) is 7.94. The SMILES string of the molecule is COc1ccc(N2C(=O)C3C(c4cccc5ccccc45)OC4(C(=O)c5ccccc5C4=O)C3C2=O)cc1. The number of imide groups is 1. The zero-order valence-corrected chi connectivity index (χ0v) is 20.3. The molecule has 0 bridgehead atoms. The normalized spacial score (nSPS) is 23.4. The van der Waals surface area contributed by atoms with Gasteiger partial charge < -0.3 is 9.47 Å². The number of nitrogens with zero attached hydrogens (tertiary/aromatic N) is 1. The number of Topliss-reactive ketones (excluding diaryl/α,β-unsaturated/α-hetero) is 2. The van der Waals surface area contributed by atoms with Crippen molar-refractivity contribution >= 4 is 39.8 Å². The van der Waals surface area contributed by atoms with Crippen LogP contribution in [-0.2, 0) is 14.3 Å². The summed E-state index contributed by atoms with van der Waals surface area (Å²) < 4.78 is 11.7. The lowest BCUT2D eigenvalue weighted by Gasteiger charge is -2.27. The Morgan fingerprint density at radius 3 is 2.05 bits per heavy atom. The molecule has 0 N–H and O–H groups in total. The predicted octanol–water partition coefficient (Wildman–Crippen LogP) is 4.54. The molecule has 7 heteroatoms. The first-order chi connectivity index (χ1) is 18.5. The van der Waals surface area contributed by atoms with Crippen LogP contribution in [0.3, 0.4) is 0 Å². The molecule has 38 heavy (non-hydrogen) atoms. The highest BCUT2D eigenvalue weighted by Crippen LogP contribution is 2.58. The van der Waals surface area contributed by atoms with Gasteiger partial charge in [-0.1, -0.05) is 66.7 Å². The van der Waals surface area contributed by atoms with Gasteiger partial charge in [-0.15, -0.1) is 0 Å². The van der Waals surface area contributed by atoms with Crippen LogP contribution >= 0.6 is 0 Å². The van der Waals surface area contributed by atoms with E-state index in [1.807, 2.05) is 42.5 Å². The maximum Gasteiger partial charge on any atom is 0.241 e. The molecule has 1 aliphatic carbocycles. The van der Waals surface area contributed by atoms with E-state index in [0.717, 1.165) is 15.7 Å². The third-order valence-corrected chi connectivity index (χ3v) is 7.98. The molecule has 4 aromatic rings. The number of rotatable bonds is 3. The lowest BCUT2D eigenvalue weighted by Crippen LogP contribution is -2.51. The minimum absolute atomic E-state index is 0.206. The van der Waals surface area contributed by atoms with Gasteiger partial charge in [-0.3, -0.25) is 19.2 Å². The fraction of sp³-hybridized carbons (Fsp3) is 0.161. The first kappa shape index (κ1) is 22.6. The monoisotopic (exact) mass is 503 g/mol. The Morgan fingerprint density at radius 1 is 0.737 bits per heavy atom. The summed E-state index contributed by atoms with van der Waals surface area (Å²) in [7, 11) is 1.52. The van der Waals surface area contributed by atoms with Crippen LogP contribution in [0.5, 0.6) is 5.75 Å². The molecular weight excluding hydrogens is 482 g/mol. The van der Waals surface area contributed by atoms with Crippen LogP contribution in [-0.4, -0.2) is 36.1 Å². The predicted molar refractivity (Wildman–Crippen MR) is 138 cm³/mol. The van der Waals surface area contributed by atoms with Crippen molar-refractivity contribution in [2.75, 3.05) is 12.0 Å². The average molecular weight is 504 g/mol. The number of amides is 2. The second-order valence-corrected chi connectivity index (χ2v) is 9.76. The van der Waals surface area contributed by atoms with E-state index in [1.165, 1.54) is 7.11 Å². The van der Waals surface area contributed by atoms with E-state index in [2.05, 4.69) is 0 Å². The van der Waals surface area contributed by atoms with Gasteiger partial charge in [-0.25, -0.2) is 4.90 Å². The molecule has 3 unspecified atom stereocenters. The zero-order chi connectivity index (χ0) is 26.2. The van der Waals surface area contributed by atoms with E-state index < -0.39 is 46.9 Å². The minimum atomic E-state index is -2.11. The number of anilines is 1. The van der Waals surface area contributed by atoms with Crippen molar-refractivity contribution in [3.05, 3.63) is 108 Å². The van der Waals surface area contributed by atoms with Crippen LogP contribution < -0.4 is 9.64 Å². The average Bonchev–Trinajstić information content (AvgIpc) is 3.52. The maximum atomic E-state index is 14.1. The minimum Gasteiger partial charge on any atom is -0.497 e. The van der Waals surface area contributed by atoms with Crippen molar-refractivity contribution in [3.63, 3.8) is 0 Å². The maximum absolute atomic E-state index is 14.1. The molecule has 186 valence electrons. The molecule has 2 amide bonds. The van der Waals surface area contributed by atoms with Gasteiger partial charge in [0.15, 0.2) is 0 Å². The summed E-state index contributed by atoms with van der Waals surface area (Å²) in [6.45, 7) is 0. The van der Waals surface area contributed by atoms with Crippen LogP contribution in [0.15, 0.2) is 91.0 Å². The summed E-state index contributed by atoms with van der Waals surface area (Å²) in [6, 6.07) is 26.2. The molecule has 4 aromatic carbocycles. The largest absolute Gasteiger partial charge is 0.497 e. The molecule has 0 aromatic heterocycles. The van der Waals surface area contributed by atoms with Crippen LogP contribution in [0.25, 0.3) is 10.8 Å². The lowest BCUT2D eigenvalue weighted by molar-refractivity contribution is -0.127. The number of fused-ring (bicyclic) bond motifs is 4. The first-order valence-corrected chi connectivity index (χ1v) is 12.3. The second-order valence-electron chi connectivity index (χ2n) is 9.76. The summed E-state index contributed by atoms with van der Waals surface area (Å²) in [4.78, 5) is 57.1. The summed E-state index contributed by atoms with van der Waals surface area (Å²) in [5, 5.41) is 1.75. The Labute approximate surface area is 217 Å². The summed E-state index contributed by atoms with van der Waals surface area (Å²) in [5.41, 5.74) is -0.693. The van der Waals surface area contributed by atoms with Crippen LogP contribution in [0, 0.1) is 11.8 Å². The molecule has 3 aliphatic rings. The molecule has 2 heterocycles. The first-order valence-electron chi connectivity index (χ1n) is 12.3. The van der Waals surface area contributed by atoms with Crippen molar-refractivity contribution in [1.82, 2.24) is 0 Å². The number of ketones is 2. The molecule has 7 nitrogen and oxygen atoms in total. The van der Waals surface area contributed by atoms with Crippen LogP contribution in [0.2, 0.25) is 0 Å². The zero-order valence-electron chi connectivity index (χ0n) is 20.3. The number of carbonyl (C=O) groups is 4. The van der Waals surface area contributed by atoms with Crippen LogP contribution in [0.4, 0.5) is 5.69 Å². The summed E-state index contributed by atoms with van der Waals surface area (Å²) in [5.74, 6) is -4.06. The number of hydrogen-bond acceptors (Lipinski definition) is 6. The third kappa shape index (κ3) is 2.76. The Bertz CT molecular complexity index is 1650. The van der Waals surface area contributed by atoms with Gasteiger partial charge in [0.2, 0.25) is 29.0 Å². The number of hydrogen-bond donors (Lipinski definition) is 0. The number of benzene rings is 4. The Morgan fingerprint density at radius 2 is 1.37 bits per heavy atom. The highest BCUT2D eigenvalue weighted by Gasteiger charge is 2.74. The van der Waals surface area contributed by atoms with Crippen molar-refractivity contribution in [1.29, 1.82) is 0 Å². The van der Waals surface area contributed by atoms with E-state index in [-0.39, 0.29) is 11.1 Å². The molecule has 2 saturated heterocycles. The molecule has 2 fully saturated rings. The molecule has 3 atom stereocenters. The molecule has 0 radical (unpaired) electrons. The molecule has 1 spiro atoms. The topological polar surface area (TPSA) is 90.0 Å². The Balaban J connectivity index is 1.44. The van der Waals surface area contributed by atoms with Gasteiger partial charge in [0.05, 0.1) is 30.7 Å². The van der Waals surface area contributed by atoms with Crippen molar-refractivity contribution in [2.45, 2.75) is 11.7 Å². The summed E-state index contributed by atoms with van der Waals surface area (Å²) >= 11 is 0. The van der Waals surface area contributed by atoms with Gasteiger partial charge in [0.1, 0.15) is 5.75 Å². The fourth-order valence-electron chi connectivity index (χ4n) is 6.28. The van der Waals surface area contributed by atoms with Gasteiger partial charge in [-0.05, 0) is 40.6 Å². The van der Waals surface area contributed by atoms with E-state index in [0.29, 0.717) is 17.0 Å². The Kier molecular flexibility index (Phi) is 4.71. The third-order valence-electron chi connectivity index (χ3n) is 7.98. The van der Waals surface area contributed by atoms with Crippen molar-refractivity contribution < 1.29 is 28.7 Å². The fourth-order valence-corrected chi connectivity index (χ4v) is 6.28. The van der Waals surface area contributed by atoms with Gasteiger partial charge in [-0.2, -0.15) is 0 Å². The van der Waals surface area contributed by atoms with E-state index in [1.54, 1.807) is 48.5 Å². The van der Waals surface area contributed by atoms with Crippen LogP contribution in [0.1, 0.15) is 32.4 Å². The smallest absolute Gasteiger partial charge is 0.241 e. The summed E-state index contributed by atoms with van der Waals surface area (Å²) in [6.07, 6.45) is -0.979. The van der Waals surface area contributed by atoms with Gasteiger partial charge in [0.25, 0.3) is 0 Å².